The zero-order valence-electron chi connectivity index (χ0n) is 15.3. The maximum atomic E-state index is 12.8. The van der Waals surface area contributed by atoms with E-state index in [0.29, 0.717) is 37.6 Å². The molecule has 0 N–H and O–H groups in total. The van der Waals surface area contributed by atoms with Crippen molar-refractivity contribution in [1.82, 2.24) is 19.0 Å². The monoisotopic (exact) mass is 442 g/mol. The molecule has 0 saturated carbocycles. The quantitative estimate of drug-likeness (QED) is 0.608. The van der Waals surface area contributed by atoms with Gasteiger partial charge in [-0.1, -0.05) is 12.1 Å². The number of aryl methyl sites for hydroxylation is 1. The average molecular weight is 443 g/mol. The standard InChI is InChI=1S/C20H19BrN4O3/c1-14-12-24(13-22-14)16-6-7-17-19(26)23(8-9-25(17)20(16)27)10-11-28-18-5-3-2-4-15(18)21/h2-7,12-13H,8-11H2,1H3. The van der Waals surface area contributed by atoms with E-state index in [1.807, 2.05) is 31.2 Å². The number of carbonyl (C=O) groups is 1. The number of imidazole rings is 1. The van der Waals surface area contributed by atoms with Gasteiger partial charge < -0.3 is 18.8 Å². The highest BCUT2D eigenvalue weighted by Crippen LogP contribution is 2.23. The van der Waals surface area contributed by atoms with E-state index in [1.165, 1.54) is 4.57 Å². The molecule has 0 radical (unpaired) electrons. The smallest absolute Gasteiger partial charge is 0.275 e. The topological polar surface area (TPSA) is 69.4 Å². The summed E-state index contributed by atoms with van der Waals surface area (Å²) in [5, 5.41) is 0. The van der Waals surface area contributed by atoms with Crippen molar-refractivity contribution in [2.24, 2.45) is 0 Å². The van der Waals surface area contributed by atoms with Crippen LogP contribution in [0.2, 0.25) is 0 Å². The first-order chi connectivity index (χ1) is 13.5. The fourth-order valence-electron chi connectivity index (χ4n) is 3.25. The van der Waals surface area contributed by atoms with Crippen LogP contribution in [0.25, 0.3) is 5.69 Å². The Hall–Kier alpha value is -2.87. The summed E-state index contributed by atoms with van der Waals surface area (Å²) in [5.74, 6) is 0.580. The Morgan fingerprint density at radius 3 is 2.71 bits per heavy atom. The molecule has 2 aromatic heterocycles. The third-order valence-electron chi connectivity index (χ3n) is 4.70. The van der Waals surface area contributed by atoms with Crippen molar-refractivity contribution >= 4 is 21.8 Å². The lowest BCUT2D eigenvalue weighted by atomic mass is 10.2. The summed E-state index contributed by atoms with van der Waals surface area (Å²) in [6.07, 6.45) is 3.40. The van der Waals surface area contributed by atoms with Gasteiger partial charge in [-0.25, -0.2) is 4.98 Å². The molecule has 1 amide bonds. The molecule has 0 unspecified atom stereocenters. The van der Waals surface area contributed by atoms with E-state index in [-0.39, 0.29) is 11.5 Å². The molecule has 0 atom stereocenters. The summed E-state index contributed by atoms with van der Waals surface area (Å²) in [7, 11) is 0. The molecule has 4 rings (SSSR count). The second-order valence-electron chi connectivity index (χ2n) is 6.55. The zero-order chi connectivity index (χ0) is 19.7. The molecular formula is C20H19BrN4O3. The minimum Gasteiger partial charge on any atom is -0.491 e. The van der Waals surface area contributed by atoms with Crippen LogP contribution in [0.4, 0.5) is 0 Å². The van der Waals surface area contributed by atoms with Crippen molar-refractivity contribution in [3.8, 4) is 11.4 Å². The van der Waals surface area contributed by atoms with Crippen LogP contribution in [0, 0.1) is 6.92 Å². The molecule has 7 nitrogen and oxygen atoms in total. The second kappa shape index (κ2) is 7.63. The molecule has 0 bridgehead atoms. The van der Waals surface area contributed by atoms with Gasteiger partial charge in [0, 0.05) is 19.3 Å². The van der Waals surface area contributed by atoms with Crippen LogP contribution in [-0.4, -0.2) is 44.6 Å². The normalized spacial score (nSPS) is 13.5. The van der Waals surface area contributed by atoms with Crippen molar-refractivity contribution in [3.05, 3.63) is 75.1 Å². The van der Waals surface area contributed by atoms with Gasteiger partial charge in [0.1, 0.15) is 23.7 Å². The number of carbonyl (C=O) groups excluding carboxylic acids is 1. The van der Waals surface area contributed by atoms with Crippen LogP contribution in [0.1, 0.15) is 16.2 Å². The van der Waals surface area contributed by atoms with Crippen LogP contribution in [0.3, 0.4) is 0 Å². The number of rotatable bonds is 5. The molecule has 0 spiro atoms. The Bertz CT molecular complexity index is 1090. The van der Waals surface area contributed by atoms with Crippen molar-refractivity contribution in [1.29, 1.82) is 0 Å². The van der Waals surface area contributed by atoms with Crippen LogP contribution in [0.5, 0.6) is 5.75 Å². The Morgan fingerprint density at radius 2 is 1.96 bits per heavy atom. The second-order valence-corrected chi connectivity index (χ2v) is 7.41. The van der Waals surface area contributed by atoms with Gasteiger partial charge in [-0.05, 0) is 47.1 Å². The number of hydrogen-bond acceptors (Lipinski definition) is 4. The predicted molar refractivity (Wildman–Crippen MR) is 108 cm³/mol. The van der Waals surface area contributed by atoms with E-state index in [9.17, 15) is 9.59 Å². The number of benzene rings is 1. The van der Waals surface area contributed by atoms with E-state index in [1.54, 1.807) is 34.1 Å². The first-order valence-corrected chi connectivity index (χ1v) is 9.75. The number of aromatic nitrogens is 3. The fourth-order valence-corrected chi connectivity index (χ4v) is 3.65. The molecule has 3 aromatic rings. The average Bonchev–Trinajstić information content (AvgIpc) is 3.11. The number of para-hydroxylation sites is 1. The summed E-state index contributed by atoms with van der Waals surface area (Å²) in [4.78, 5) is 31.5. The van der Waals surface area contributed by atoms with E-state index in [2.05, 4.69) is 20.9 Å². The third-order valence-corrected chi connectivity index (χ3v) is 5.35. The minimum atomic E-state index is -0.188. The minimum absolute atomic E-state index is 0.160. The maximum absolute atomic E-state index is 12.8. The first kappa shape index (κ1) is 18.5. The molecule has 1 aliphatic rings. The van der Waals surface area contributed by atoms with Crippen LogP contribution >= 0.6 is 15.9 Å². The molecule has 0 fully saturated rings. The van der Waals surface area contributed by atoms with E-state index in [4.69, 9.17) is 4.74 Å². The molecule has 28 heavy (non-hydrogen) atoms. The number of amides is 1. The number of fused-ring (bicyclic) bond motifs is 1. The first-order valence-electron chi connectivity index (χ1n) is 8.96. The summed E-state index contributed by atoms with van der Waals surface area (Å²) < 4.78 is 9.86. The van der Waals surface area contributed by atoms with Crippen LogP contribution in [-0.2, 0) is 6.54 Å². The van der Waals surface area contributed by atoms with Crippen molar-refractivity contribution in [2.45, 2.75) is 13.5 Å². The van der Waals surface area contributed by atoms with Gasteiger partial charge in [0.15, 0.2) is 0 Å². The van der Waals surface area contributed by atoms with Crippen LogP contribution in [0.15, 0.2) is 58.2 Å². The Kier molecular flexibility index (Phi) is 5.04. The van der Waals surface area contributed by atoms with Crippen molar-refractivity contribution in [3.63, 3.8) is 0 Å². The Balaban J connectivity index is 1.49. The van der Waals surface area contributed by atoms with Crippen molar-refractivity contribution < 1.29 is 9.53 Å². The molecule has 0 saturated heterocycles. The Labute approximate surface area is 170 Å². The van der Waals surface area contributed by atoms with Gasteiger partial charge in [0.05, 0.1) is 23.0 Å². The molecule has 1 aromatic carbocycles. The SMILES string of the molecule is Cc1cn(-c2ccc3n(c2=O)CCN(CCOc2ccccc2Br)C3=O)cn1. The number of nitrogens with zero attached hydrogens (tertiary/aromatic N) is 4. The molecular weight excluding hydrogens is 424 g/mol. The lowest BCUT2D eigenvalue weighted by Crippen LogP contribution is -2.46. The third kappa shape index (κ3) is 3.47. The highest BCUT2D eigenvalue weighted by molar-refractivity contribution is 9.10. The van der Waals surface area contributed by atoms with Gasteiger partial charge in [0.2, 0.25) is 0 Å². The Morgan fingerprint density at radius 1 is 1.14 bits per heavy atom. The zero-order valence-corrected chi connectivity index (χ0v) is 16.9. The number of ether oxygens (including phenoxy) is 1. The molecule has 1 aliphatic heterocycles. The van der Waals surface area contributed by atoms with Gasteiger partial charge in [-0.2, -0.15) is 0 Å². The van der Waals surface area contributed by atoms with E-state index in [0.717, 1.165) is 15.9 Å². The lowest BCUT2D eigenvalue weighted by molar-refractivity contribution is 0.0673. The lowest BCUT2D eigenvalue weighted by Gasteiger charge is -2.29. The maximum Gasteiger partial charge on any atom is 0.275 e. The highest BCUT2D eigenvalue weighted by atomic mass is 79.9. The van der Waals surface area contributed by atoms with Gasteiger partial charge in [0.25, 0.3) is 11.5 Å². The number of halogens is 1. The van der Waals surface area contributed by atoms with Gasteiger partial charge in [-0.3, -0.25) is 9.59 Å². The summed E-state index contributed by atoms with van der Waals surface area (Å²) in [5.41, 5.74) is 1.53. The predicted octanol–water partition coefficient (Wildman–Crippen LogP) is 2.64. The van der Waals surface area contributed by atoms with Crippen molar-refractivity contribution in [2.75, 3.05) is 19.7 Å². The van der Waals surface area contributed by atoms with Crippen LogP contribution < -0.4 is 10.3 Å². The number of hydrogen-bond donors (Lipinski definition) is 0. The summed E-state index contributed by atoms with van der Waals surface area (Å²) in [6.45, 7) is 3.62. The fraction of sp³-hybridized carbons (Fsp3) is 0.250. The van der Waals surface area contributed by atoms with E-state index < -0.39 is 0 Å². The molecule has 8 heteroatoms. The summed E-state index contributed by atoms with van der Waals surface area (Å²) >= 11 is 3.44. The number of pyridine rings is 1. The molecule has 3 heterocycles. The molecule has 144 valence electrons. The van der Waals surface area contributed by atoms with Gasteiger partial charge >= 0.3 is 0 Å². The van der Waals surface area contributed by atoms with Gasteiger partial charge in [-0.15, -0.1) is 0 Å². The largest absolute Gasteiger partial charge is 0.491 e. The molecule has 0 aliphatic carbocycles. The van der Waals surface area contributed by atoms with E-state index >= 15 is 0 Å². The highest BCUT2D eigenvalue weighted by Gasteiger charge is 2.26. The summed E-state index contributed by atoms with van der Waals surface area (Å²) in [6, 6.07) is 11.0.